The van der Waals surface area contributed by atoms with Crippen molar-refractivity contribution in [2.75, 3.05) is 5.75 Å². The van der Waals surface area contributed by atoms with Crippen LogP contribution in [0, 0.1) is 0 Å². The normalized spacial score (nSPS) is 19.8. The minimum Gasteiger partial charge on any atom is -0.338 e. The Balaban J connectivity index is 2.18. The number of carbonyl (C=O) groups excluding carboxylic acids is 1. The van der Waals surface area contributed by atoms with E-state index in [2.05, 4.69) is 27.7 Å². The van der Waals surface area contributed by atoms with Crippen molar-refractivity contribution in [3.63, 3.8) is 0 Å². The molecule has 0 spiro atoms. The minimum atomic E-state index is 0.319. The van der Waals surface area contributed by atoms with E-state index >= 15 is 0 Å². The number of amides is 1. The first-order valence-electron chi connectivity index (χ1n) is 7.11. The predicted octanol–water partition coefficient (Wildman–Crippen LogP) is 4.35. The molecule has 1 atom stereocenters. The molecule has 1 saturated heterocycles. The highest BCUT2D eigenvalue weighted by atomic mass is 33.1. The summed E-state index contributed by atoms with van der Waals surface area (Å²) in [5.41, 5.74) is 0. The smallest absolute Gasteiger partial charge is 0.223 e. The zero-order valence-corrected chi connectivity index (χ0v) is 13.8. The molecule has 18 heavy (non-hydrogen) atoms. The summed E-state index contributed by atoms with van der Waals surface area (Å²) in [5, 5.41) is 0.844. The number of rotatable bonds is 7. The summed E-state index contributed by atoms with van der Waals surface area (Å²) in [4.78, 5) is 14.2. The van der Waals surface area contributed by atoms with Crippen LogP contribution in [0.3, 0.4) is 0 Å². The van der Waals surface area contributed by atoms with E-state index in [-0.39, 0.29) is 0 Å². The molecule has 0 bridgehead atoms. The number of hydrogen-bond acceptors (Lipinski definition) is 3. The third-order valence-corrected chi connectivity index (χ3v) is 6.30. The molecule has 1 fully saturated rings. The van der Waals surface area contributed by atoms with Gasteiger partial charge in [-0.3, -0.25) is 4.79 Å². The molecule has 1 amide bonds. The molecule has 1 aliphatic heterocycles. The highest BCUT2D eigenvalue weighted by molar-refractivity contribution is 8.77. The van der Waals surface area contributed by atoms with Crippen LogP contribution in [-0.2, 0) is 4.79 Å². The van der Waals surface area contributed by atoms with Crippen LogP contribution >= 0.6 is 21.6 Å². The lowest BCUT2D eigenvalue weighted by Crippen LogP contribution is -2.41. The number of nitrogens with zero attached hydrogens (tertiary/aromatic N) is 1. The molecule has 0 aliphatic carbocycles. The second-order valence-electron chi connectivity index (χ2n) is 5.56. The van der Waals surface area contributed by atoms with Gasteiger partial charge in [0.1, 0.15) is 0 Å². The van der Waals surface area contributed by atoms with Gasteiger partial charge in [-0.2, -0.15) is 0 Å². The van der Waals surface area contributed by atoms with Gasteiger partial charge in [-0.25, -0.2) is 0 Å². The summed E-state index contributed by atoms with van der Waals surface area (Å²) in [6.45, 7) is 8.41. The fourth-order valence-electron chi connectivity index (χ4n) is 2.51. The van der Waals surface area contributed by atoms with Gasteiger partial charge in [-0.05, 0) is 47.0 Å². The third-order valence-electron chi connectivity index (χ3n) is 3.29. The van der Waals surface area contributed by atoms with E-state index in [9.17, 15) is 4.79 Å². The molecule has 0 N–H and O–H groups in total. The second-order valence-corrected chi connectivity index (χ2v) is 8.35. The van der Waals surface area contributed by atoms with E-state index in [0.717, 1.165) is 18.1 Å². The fourth-order valence-corrected chi connectivity index (χ4v) is 5.54. The maximum absolute atomic E-state index is 12.1. The molecule has 0 aromatic carbocycles. The summed E-state index contributed by atoms with van der Waals surface area (Å²) in [6, 6.07) is 0.638. The largest absolute Gasteiger partial charge is 0.338 e. The van der Waals surface area contributed by atoms with Gasteiger partial charge < -0.3 is 4.90 Å². The van der Waals surface area contributed by atoms with Gasteiger partial charge in [0.25, 0.3) is 0 Å². The van der Waals surface area contributed by atoms with E-state index < -0.39 is 0 Å². The Morgan fingerprint density at radius 2 is 1.89 bits per heavy atom. The van der Waals surface area contributed by atoms with Crippen LogP contribution in [0.15, 0.2) is 0 Å². The molecule has 0 saturated carbocycles. The molecule has 2 nitrogen and oxygen atoms in total. The zero-order valence-electron chi connectivity index (χ0n) is 12.1. The van der Waals surface area contributed by atoms with Crippen molar-refractivity contribution in [3.05, 3.63) is 0 Å². The van der Waals surface area contributed by atoms with Crippen molar-refractivity contribution in [3.8, 4) is 0 Å². The zero-order chi connectivity index (χ0) is 13.5. The maximum Gasteiger partial charge on any atom is 0.223 e. The summed E-state index contributed by atoms with van der Waals surface area (Å²) in [7, 11) is 4.04. The number of unbranched alkanes of at least 4 members (excludes halogenated alkanes) is 1. The van der Waals surface area contributed by atoms with E-state index in [1.165, 1.54) is 25.0 Å². The Labute approximate surface area is 120 Å². The van der Waals surface area contributed by atoms with Crippen molar-refractivity contribution in [2.24, 2.45) is 0 Å². The summed E-state index contributed by atoms with van der Waals surface area (Å²) in [6.07, 6.45) is 5.62. The average Bonchev–Trinajstić information content (AvgIpc) is 2.76. The quantitative estimate of drug-likeness (QED) is 0.513. The third kappa shape index (κ3) is 5.43. The van der Waals surface area contributed by atoms with Gasteiger partial charge in [-0.15, -0.1) is 0 Å². The van der Waals surface area contributed by atoms with Crippen molar-refractivity contribution in [1.29, 1.82) is 0 Å². The minimum absolute atomic E-state index is 0.319. The Kier molecular flexibility index (Phi) is 7.54. The first-order valence-corrected chi connectivity index (χ1v) is 9.50. The van der Waals surface area contributed by atoms with Crippen molar-refractivity contribution < 1.29 is 4.79 Å². The molecule has 1 aliphatic rings. The molecule has 0 radical (unpaired) electrons. The number of hydrogen-bond donors (Lipinski definition) is 0. The molecular weight excluding hydrogens is 262 g/mol. The van der Waals surface area contributed by atoms with Crippen LogP contribution in [-0.4, -0.2) is 33.9 Å². The summed E-state index contributed by atoms with van der Waals surface area (Å²) < 4.78 is 0. The lowest BCUT2D eigenvalue weighted by Gasteiger charge is -2.31. The van der Waals surface area contributed by atoms with Crippen LogP contribution in [0.2, 0.25) is 0 Å². The Hall–Kier alpha value is 0.170. The SMILES string of the molecule is CC(C)N(C(=O)CCCCC1CCSS1)C(C)C. The Morgan fingerprint density at radius 1 is 1.22 bits per heavy atom. The van der Waals surface area contributed by atoms with Crippen molar-refractivity contribution >= 4 is 27.5 Å². The summed E-state index contributed by atoms with van der Waals surface area (Å²) in [5.74, 6) is 1.64. The van der Waals surface area contributed by atoms with Gasteiger partial charge in [0.15, 0.2) is 0 Å². The molecule has 1 rings (SSSR count). The standard InChI is InChI=1S/C14H27NOS2/c1-11(2)15(12(3)4)14(16)8-6-5-7-13-9-10-17-18-13/h11-13H,5-10H2,1-4H3. The Bertz CT molecular complexity index is 242. The summed E-state index contributed by atoms with van der Waals surface area (Å²) >= 11 is 0. The van der Waals surface area contributed by atoms with Crippen molar-refractivity contribution in [1.82, 2.24) is 4.90 Å². The molecule has 0 aromatic heterocycles. The lowest BCUT2D eigenvalue weighted by molar-refractivity contribution is -0.134. The molecule has 1 heterocycles. The van der Waals surface area contributed by atoms with Crippen LogP contribution < -0.4 is 0 Å². The van der Waals surface area contributed by atoms with E-state index in [1.807, 2.05) is 26.5 Å². The monoisotopic (exact) mass is 289 g/mol. The topological polar surface area (TPSA) is 20.3 Å². The van der Waals surface area contributed by atoms with Gasteiger partial charge in [0.2, 0.25) is 5.91 Å². The molecular formula is C14H27NOS2. The van der Waals surface area contributed by atoms with Crippen LogP contribution in [0.5, 0.6) is 0 Å². The molecule has 1 unspecified atom stereocenters. The first kappa shape index (κ1) is 16.2. The van der Waals surface area contributed by atoms with E-state index in [0.29, 0.717) is 18.0 Å². The van der Waals surface area contributed by atoms with Crippen LogP contribution in [0.1, 0.15) is 59.8 Å². The molecule has 4 heteroatoms. The van der Waals surface area contributed by atoms with Gasteiger partial charge in [0, 0.05) is 29.5 Å². The van der Waals surface area contributed by atoms with Gasteiger partial charge in [-0.1, -0.05) is 28.0 Å². The fraction of sp³-hybridized carbons (Fsp3) is 0.929. The maximum atomic E-state index is 12.1. The number of carbonyl (C=O) groups is 1. The van der Waals surface area contributed by atoms with Crippen molar-refractivity contribution in [2.45, 2.75) is 77.1 Å². The highest BCUT2D eigenvalue weighted by Gasteiger charge is 2.20. The first-order chi connectivity index (χ1) is 8.52. The lowest BCUT2D eigenvalue weighted by atomic mass is 10.1. The van der Waals surface area contributed by atoms with E-state index in [4.69, 9.17) is 0 Å². The molecule has 0 aromatic rings. The second kappa shape index (κ2) is 8.36. The average molecular weight is 290 g/mol. The Morgan fingerprint density at radius 3 is 2.39 bits per heavy atom. The highest BCUT2D eigenvalue weighted by Crippen LogP contribution is 2.39. The predicted molar refractivity (Wildman–Crippen MR) is 84.0 cm³/mol. The molecule has 106 valence electrons. The van der Waals surface area contributed by atoms with Gasteiger partial charge >= 0.3 is 0 Å². The van der Waals surface area contributed by atoms with Gasteiger partial charge in [0.05, 0.1) is 0 Å². The van der Waals surface area contributed by atoms with Crippen LogP contribution in [0.4, 0.5) is 0 Å². The van der Waals surface area contributed by atoms with Crippen LogP contribution in [0.25, 0.3) is 0 Å². The van der Waals surface area contributed by atoms with E-state index in [1.54, 1.807) is 0 Å².